The molecule has 1 aliphatic rings. The van der Waals surface area contributed by atoms with Crippen LogP contribution in [-0.4, -0.2) is 10.3 Å². The van der Waals surface area contributed by atoms with Gasteiger partial charge in [-0.25, -0.2) is 4.99 Å². The molecule has 62 heavy (non-hydrogen) atoms. The molecule has 0 N–H and O–H groups in total. The molecule has 7 rings (SSSR count). The van der Waals surface area contributed by atoms with Crippen LogP contribution in [-0.2, 0) is 0 Å². The molecule has 0 fully saturated rings. The van der Waals surface area contributed by atoms with Crippen molar-refractivity contribution >= 4 is 65.5 Å². The third-order valence-electron chi connectivity index (χ3n) is 11.2. The fourth-order valence-electron chi connectivity index (χ4n) is 8.16. The first-order chi connectivity index (χ1) is 30.3. The maximum Gasteiger partial charge on any atom is 0.0712 e. The van der Waals surface area contributed by atoms with Crippen molar-refractivity contribution in [2.75, 3.05) is 0 Å². The molecule has 1 unspecified atom stereocenters. The molecule has 0 spiro atoms. The second kappa shape index (κ2) is 20.0. The molecule has 3 heteroatoms. The first kappa shape index (κ1) is 43.0. The zero-order valence-electron chi connectivity index (χ0n) is 36.3. The molecule has 2 nitrogen and oxygen atoms in total. The fourth-order valence-corrected chi connectivity index (χ4v) is 9.42. The van der Waals surface area contributed by atoms with Gasteiger partial charge in [0, 0.05) is 59.5 Å². The molecular formula is C59H54N2S. The second-order valence-electron chi connectivity index (χ2n) is 15.3. The van der Waals surface area contributed by atoms with Gasteiger partial charge in [0.1, 0.15) is 0 Å². The number of allylic oxidation sites excluding steroid dienone is 20. The molecule has 0 bridgehead atoms. The van der Waals surface area contributed by atoms with Crippen molar-refractivity contribution in [3.8, 4) is 5.69 Å². The van der Waals surface area contributed by atoms with Gasteiger partial charge in [0.25, 0.3) is 0 Å². The Kier molecular flexibility index (Phi) is 13.9. The molecule has 6 aromatic rings. The van der Waals surface area contributed by atoms with Crippen LogP contribution in [0.3, 0.4) is 0 Å². The van der Waals surface area contributed by atoms with Gasteiger partial charge in [-0.15, -0.1) is 11.3 Å². The zero-order valence-corrected chi connectivity index (χ0v) is 37.1. The van der Waals surface area contributed by atoms with Crippen LogP contribution in [0.1, 0.15) is 68.0 Å². The van der Waals surface area contributed by atoms with Crippen molar-refractivity contribution in [2.45, 2.75) is 40.0 Å². The van der Waals surface area contributed by atoms with E-state index in [1.807, 2.05) is 92.0 Å². The van der Waals surface area contributed by atoms with Crippen molar-refractivity contribution in [1.29, 1.82) is 0 Å². The third kappa shape index (κ3) is 9.00. The Hall–Kier alpha value is -7.07. The first-order valence-electron chi connectivity index (χ1n) is 21.2. The third-order valence-corrected chi connectivity index (χ3v) is 12.4. The van der Waals surface area contributed by atoms with E-state index in [-0.39, 0.29) is 0 Å². The van der Waals surface area contributed by atoms with E-state index in [1.54, 1.807) is 6.08 Å². The number of aromatic nitrogens is 1. The van der Waals surface area contributed by atoms with Crippen molar-refractivity contribution in [3.05, 3.63) is 253 Å². The number of hydrogen-bond donors (Lipinski definition) is 0. The van der Waals surface area contributed by atoms with Gasteiger partial charge in [-0.3, -0.25) is 0 Å². The van der Waals surface area contributed by atoms with Gasteiger partial charge in [-0.2, -0.15) is 0 Å². The molecule has 0 amide bonds. The van der Waals surface area contributed by atoms with Gasteiger partial charge >= 0.3 is 0 Å². The highest BCUT2D eigenvalue weighted by atomic mass is 32.1. The number of hydrogen-bond acceptors (Lipinski definition) is 2. The number of fused-ring (bicyclic) bond motifs is 7. The van der Waals surface area contributed by atoms with Crippen LogP contribution in [0.25, 0.3) is 54.1 Å². The summed E-state index contributed by atoms with van der Waals surface area (Å²) in [5.74, 6) is 0.292. The van der Waals surface area contributed by atoms with Crippen molar-refractivity contribution in [1.82, 2.24) is 4.57 Å². The van der Waals surface area contributed by atoms with Crippen LogP contribution in [0.2, 0.25) is 0 Å². The molecule has 0 radical (unpaired) electrons. The van der Waals surface area contributed by atoms with E-state index in [9.17, 15) is 0 Å². The van der Waals surface area contributed by atoms with Gasteiger partial charge in [0.2, 0.25) is 0 Å². The van der Waals surface area contributed by atoms with E-state index in [0.29, 0.717) is 11.6 Å². The van der Waals surface area contributed by atoms with E-state index in [2.05, 4.69) is 160 Å². The van der Waals surface area contributed by atoms with Gasteiger partial charge in [-0.1, -0.05) is 185 Å². The summed E-state index contributed by atoms with van der Waals surface area (Å²) in [6, 6.07) is 30.5. The minimum absolute atomic E-state index is 0.292. The molecule has 0 saturated heterocycles. The molecule has 0 aliphatic heterocycles. The summed E-state index contributed by atoms with van der Waals surface area (Å²) >= 11 is 1.88. The molecule has 306 valence electrons. The lowest BCUT2D eigenvalue weighted by atomic mass is 9.92. The lowest BCUT2D eigenvalue weighted by molar-refractivity contribution is 0.723. The Morgan fingerprint density at radius 1 is 0.742 bits per heavy atom. The van der Waals surface area contributed by atoms with E-state index in [1.165, 1.54) is 42.3 Å². The predicted molar refractivity (Wildman–Crippen MR) is 277 cm³/mol. The zero-order chi connectivity index (χ0) is 43.6. The minimum Gasteiger partial charge on any atom is -0.313 e. The summed E-state index contributed by atoms with van der Waals surface area (Å²) in [5, 5.41) is 3.90. The quantitative estimate of drug-likeness (QED) is 0.0725. The summed E-state index contributed by atoms with van der Waals surface area (Å²) in [6.45, 7) is 25.4. The number of benzene rings is 4. The lowest BCUT2D eigenvalue weighted by Gasteiger charge is -2.21. The van der Waals surface area contributed by atoms with Crippen LogP contribution in [0.15, 0.2) is 230 Å². The SMILES string of the molecule is C=C/C=C(C=C)/C(C)=C/C(=NC(=C)c1cc(C(=C\C=C/C=C\C=C\C)/C(C=C)=C/C=C\C)cc(-n2c3c(c4c5sc6ccccc6c5ccc42)C=CCC3C)c1)c1ccccc1. The normalized spacial score (nSPS) is 15.6. The van der Waals surface area contributed by atoms with Crippen LogP contribution in [0.4, 0.5) is 0 Å². The van der Waals surface area contributed by atoms with Crippen molar-refractivity contribution in [3.63, 3.8) is 0 Å². The maximum atomic E-state index is 5.35. The molecule has 2 aromatic heterocycles. The molecule has 1 aliphatic carbocycles. The number of nitrogens with zero attached hydrogens (tertiary/aromatic N) is 2. The Labute approximate surface area is 372 Å². The standard InChI is InChI=1S/C59H54N2S/c1-9-14-16-17-18-22-31-50(45(13-5)28-15-10-2)48-38-47(43(8)60-54(46-29-20-19-21-30-46)37-42(7)44(12-4)26-11-3)39-49(40-48)61-55-36-35-52-51-32-23-24-34-56(51)62-59(52)57(55)53-33-25-27-41(6)58(53)61/h9-26,28-41H,3-5,8,27H2,1-2,6-7H3/b14-9+,15-10-,17-16-,22-18-,42-37+,44-26+,45-28+,50-31-,60-54?. The van der Waals surface area contributed by atoms with E-state index >= 15 is 0 Å². The Bertz CT molecular complexity index is 3020. The topological polar surface area (TPSA) is 17.3 Å². The fraction of sp³-hybridized carbons (Fsp3) is 0.102. The summed E-state index contributed by atoms with van der Waals surface area (Å²) in [6.07, 6.45) is 36.0. The van der Waals surface area contributed by atoms with E-state index in [0.717, 1.165) is 56.8 Å². The van der Waals surface area contributed by atoms with Crippen LogP contribution in [0.5, 0.6) is 0 Å². The second-order valence-corrected chi connectivity index (χ2v) is 16.4. The maximum absolute atomic E-state index is 5.35. The van der Waals surface area contributed by atoms with Crippen molar-refractivity contribution < 1.29 is 0 Å². The highest BCUT2D eigenvalue weighted by Gasteiger charge is 2.26. The first-order valence-corrected chi connectivity index (χ1v) is 22.0. The van der Waals surface area contributed by atoms with Crippen LogP contribution >= 0.6 is 11.3 Å². The Balaban J connectivity index is 1.54. The summed E-state index contributed by atoms with van der Waals surface area (Å²) in [7, 11) is 0. The molecular weight excluding hydrogens is 769 g/mol. The van der Waals surface area contributed by atoms with Gasteiger partial charge in [0.15, 0.2) is 0 Å². The highest BCUT2D eigenvalue weighted by molar-refractivity contribution is 7.26. The van der Waals surface area contributed by atoms with E-state index < -0.39 is 0 Å². The Morgan fingerprint density at radius 3 is 2.23 bits per heavy atom. The molecule has 0 saturated carbocycles. The average molecular weight is 823 g/mol. The largest absolute Gasteiger partial charge is 0.313 e. The summed E-state index contributed by atoms with van der Waals surface area (Å²) in [4.78, 5) is 5.35. The van der Waals surface area contributed by atoms with Gasteiger partial charge in [0.05, 0.1) is 16.9 Å². The lowest BCUT2D eigenvalue weighted by Crippen LogP contribution is -2.08. The number of aliphatic imine (C=N–C) groups is 1. The smallest absolute Gasteiger partial charge is 0.0712 e. The van der Waals surface area contributed by atoms with Gasteiger partial charge in [-0.05, 0) is 91.5 Å². The van der Waals surface area contributed by atoms with Gasteiger partial charge < -0.3 is 4.57 Å². The van der Waals surface area contributed by atoms with Crippen molar-refractivity contribution in [2.24, 2.45) is 4.99 Å². The van der Waals surface area contributed by atoms with E-state index in [4.69, 9.17) is 4.99 Å². The Morgan fingerprint density at radius 2 is 1.47 bits per heavy atom. The summed E-state index contributed by atoms with van der Waals surface area (Å²) < 4.78 is 5.12. The highest BCUT2D eigenvalue weighted by Crippen LogP contribution is 2.46. The minimum atomic E-state index is 0.292. The molecule has 1 atom stereocenters. The molecule has 2 heterocycles. The van der Waals surface area contributed by atoms with Crippen LogP contribution in [0, 0.1) is 0 Å². The molecule has 4 aromatic carbocycles. The number of thiophene rings is 1. The monoisotopic (exact) mass is 822 g/mol. The average Bonchev–Trinajstić information content (AvgIpc) is 3.85. The summed E-state index contributed by atoms with van der Waals surface area (Å²) in [5.41, 5.74) is 13.3. The van der Waals surface area contributed by atoms with Crippen LogP contribution < -0.4 is 0 Å². The number of rotatable bonds is 15. The predicted octanol–water partition coefficient (Wildman–Crippen LogP) is 17.0.